The second kappa shape index (κ2) is 12.2. The highest BCUT2D eigenvalue weighted by Gasteiger charge is 2.22. The van der Waals surface area contributed by atoms with Crippen LogP contribution < -0.4 is 15.2 Å². The lowest BCUT2D eigenvalue weighted by atomic mass is 9.94. The quantitative estimate of drug-likeness (QED) is 0.344. The van der Waals surface area contributed by atoms with Crippen LogP contribution in [0.25, 0.3) is 0 Å². The van der Waals surface area contributed by atoms with Gasteiger partial charge in [-0.2, -0.15) is 0 Å². The van der Waals surface area contributed by atoms with Gasteiger partial charge in [0.1, 0.15) is 17.2 Å². The Morgan fingerprint density at radius 3 is 2.06 bits per heavy atom. The van der Waals surface area contributed by atoms with Crippen molar-refractivity contribution in [3.8, 4) is 17.2 Å². The fraction of sp³-hybridized carbons (Fsp3) is 0.333. The molecule has 0 bridgehead atoms. The molecule has 0 aliphatic carbocycles. The number of aliphatic hydroxyl groups is 2. The first kappa shape index (κ1) is 23.8. The maximum absolute atomic E-state index is 9.28. The summed E-state index contributed by atoms with van der Waals surface area (Å²) in [7, 11) is 0. The maximum Gasteiger partial charge on any atom is 0.131 e. The summed E-state index contributed by atoms with van der Waals surface area (Å²) in [6.45, 7) is 0.224. The molecule has 0 unspecified atom stereocenters. The van der Waals surface area contributed by atoms with Crippen LogP contribution in [0.5, 0.6) is 17.2 Å². The van der Waals surface area contributed by atoms with Crippen molar-refractivity contribution in [3.63, 3.8) is 0 Å². The summed E-state index contributed by atoms with van der Waals surface area (Å²) in [6, 6.07) is 26.0. The van der Waals surface area contributed by atoms with Crippen molar-refractivity contribution < 1.29 is 19.7 Å². The topological polar surface area (TPSA) is 84.9 Å². The molecule has 3 aromatic carbocycles. The average molecular weight is 436 g/mol. The molecule has 0 aliphatic heterocycles. The lowest BCUT2D eigenvalue weighted by molar-refractivity contribution is 0.113. The van der Waals surface area contributed by atoms with Gasteiger partial charge >= 0.3 is 0 Å². The summed E-state index contributed by atoms with van der Waals surface area (Å²) < 4.78 is 11.9. The second-order valence-electron chi connectivity index (χ2n) is 8.19. The summed E-state index contributed by atoms with van der Waals surface area (Å²) >= 11 is 0. The molecule has 0 atom stereocenters. The molecular formula is C27H33NO4. The minimum Gasteiger partial charge on any atom is -0.493 e. The van der Waals surface area contributed by atoms with Crippen molar-refractivity contribution in [1.82, 2.24) is 0 Å². The highest BCUT2D eigenvalue weighted by molar-refractivity contribution is 5.37. The van der Waals surface area contributed by atoms with Crippen molar-refractivity contribution in [2.75, 3.05) is 19.8 Å². The van der Waals surface area contributed by atoms with Gasteiger partial charge in [0, 0.05) is 6.07 Å². The number of ether oxygens (including phenoxy) is 2. The largest absolute Gasteiger partial charge is 0.493 e. The average Bonchev–Trinajstić information content (AvgIpc) is 2.84. The minimum absolute atomic E-state index is 0.216. The van der Waals surface area contributed by atoms with Crippen LogP contribution in [0.2, 0.25) is 0 Å². The second-order valence-corrected chi connectivity index (χ2v) is 8.19. The van der Waals surface area contributed by atoms with E-state index < -0.39 is 5.54 Å². The third-order valence-corrected chi connectivity index (χ3v) is 5.46. The number of hydrogen-bond acceptors (Lipinski definition) is 5. The number of aryl methyl sites for hydroxylation is 2. The normalized spacial score (nSPS) is 11.3. The predicted octanol–water partition coefficient (Wildman–Crippen LogP) is 4.50. The van der Waals surface area contributed by atoms with Crippen molar-refractivity contribution in [1.29, 1.82) is 0 Å². The standard InChI is InChI=1S/C27H33NO4/c28-27(20-29,21-30)17-5-9-23-13-15-24(16-14-23)32-26-12-4-11-25(19-26)31-18-6-10-22-7-2-1-3-8-22/h1-4,7-8,11-16,19,29-30H,5-6,9-10,17-18,20-21,28H2. The smallest absolute Gasteiger partial charge is 0.131 e. The summed E-state index contributed by atoms with van der Waals surface area (Å²) in [6.07, 6.45) is 4.14. The Bertz CT molecular complexity index is 924. The lowest BCUT2D eigenvalue weighted by Crippen LogP contribution is -2.47. The van der Waals surface area contributed by atoms with E-state index in [0.717, 1.165) is 48.5 Å². The van der Waals surface area contributed by atoms with Crippen LogP contribution in [0, 0.1) is 0 Å². The first-order valence-electron chi connectivity index (χ1n) is 11.1. The van der Waals surface area contributed by atoms with Gasteiger partial charge in [0.05, 0.1) is 25.4 Å². The molecule has 170 valence electrons. The molecule has 5 heteroatoms. The van der Waals surface area contributed by atoms with Gasteiger partial charge in [-0.25, -0.2) is 0 Å². The molecule has 0 fully saturated rings. The van der Waals surface area contributed by atoms with Crippen LogP contribution in [0.4, 0.5) is 0 Å². The molecule has 0 aliphatic rings. The number of hydrogen-bond donors (Lipinski definition) is 3. The van der Waals surface area contributed by atoms with Gasteiger partial charge in [0.2, 0.25) is 0 Å². The highest BCUT2D eigenvalue weighted by atomic mass is 16.5. The molecule has 0 aromatic heterocycles. The Balaban J connectivity index is 1.44. The molecule has 0 amide bonds. The summed E-state index contributed by atoms with van der Waals surface area (Å²) in [4.78, 5) is 0. The zero-order valence-electron chi connectivity index (χ0n) is 18.5. The monoisotopic (exact) mass is 435 g/mol. The summed E-state index contributed by atoms with van der Waals surface area (Å²) in [5.74, 6) is 2.29. The fourth-order valence-electron chi connectivity index (χ4n) is 3.45. The van der Waals surface area contributed by atoms with Gasteiger partial charge in [-0.05, 0) is 67.5 Å². The number of benzene rings is 3. The zero-order valence-corrected chi connectivity index (χ0v) is 18.5. The van der Waals surface area contributed by atoms with E-state index in [0.29, 0.717) is 13.0 Å². The zero-order chi connectivity index (χ0) is 22.7. The van der Waals surface area contributed by atoms with E-state index in [-0.39, 0.29) is 13.2 Å². The Hall–Kier alpha value is -2.86. The highest BCUT2D eigenvalue weighted by Crippen LogP contribution is 2.26. The number of nitrogens with two attached hydrogens (primary N) is 1. The van der Waals surface area contributed by atoms with Crippen molar-refractivity contribution in [2.24, 2.45) is 5.73 Å². The maximum atomic E-state index is 9.28. The van der Waals surface area contributed by atoms with Gasteiger partial charge in [0.25, 0.3) is 0 Å². The molecule has 3 rings (SSSR count). The predicted molar refractivity (Wildman–Crippen MR) is 127 cm³/mol. The van der Waals surface area contributed by atoms with E-state index in [1.165, 1.54) is 5.56 Å². The molecule has 5 nitrogen and oxygen atoms in total. The molecule has 0 radical (unpaired) electrons. The first-order chi connectivity index (χ1) is 15.6. The van der Waals surface area contributed by atoms with Crippen LogP contribution in [0.3, 0.4) is 0 Å². The molecule has 4 N–H and O–H groups in total. The van der Waals surface area contributed by atoms with Crippen molar-refractivity contribution in [3.05, 3.63) is 90.0 Å². The van der Waals surface area contributed by atoms with Crippen LogP contribution in [0.15, 0.2) is 78.9 Å². The minimum atomic E-state index is -0.905. The Morgan fingerprint density at radius 2 is 1.34 bits per heavy atom. The summed E-state index contributed by atoms with van der Waals surface area (Å²) in [5.41, 5.74) is 7.49. The van der Waals surface area contributed by atoms with Crippen LogP contribution in [-0.2, 0) is 12.8 Å². The number of aliphatic hydroxyl groups excluding tert-OH is 2. The molecule has 0 heterocycles. The molecule has 0 saturated carbocycles. The van der Waals surface area contributed by atoms with E-state index in [2.05, 4.69) is 24.3 Å². The lowest BCUT2D eigenvalue weighted by Gasteiger charge is -2.24. The fourth-order valence-corrected chi connectivity index (χ4v) is 3.45. The Kier molecular flexibility index (Phi) is 9.11. The van der Waals surface area contributed by atoms with E-state index in [1.807, 2.05) is 54.6 Å². The Morgan fingerprint density at radius 1 is 0.688 bits per heavy atom. The van der Waals surface area contributed by atoms with Crippen molar-refractivity contribution >= 4 is 0 Å². The van der Waals surface area contributed by atoms with Gasteiger partial charge in [-0.3, -0.25) is 0 Å². The molecule has 0 saturated heterocycles. The molecular weight excluding hydrogens is 402 g/mol. The molecule has 3 aromatic rings. The third kappa shape index (κ3) is 7.68. The van der Waals surface area contributed by atoms with E-state index in [9.17, 15) is 10.2 Å². The molecule has 32 heavy (non-hydrogen) atoms. The van der Waals surface area contributed by atoms with Crippen LogP contribution in [0.1, 0.15) is 30.4 Å². The number of rotatable bonds is 13. The van der Waals surface area contributed by atoms with E-state index in [4.69, 9.17) is 15.2 Å². The SMILES string of the molecule is NC(CO)(CO)CCCc1ccc(Oc2cccc(OCCCc3ccccc3)c2)cc1. The summed E-state index contributed by atoms with van der Waals surface area (Å²) in [5, 5.41) is 18.6. The third-order valence-electron chi connectivity index (χ3n) is 5.46. The van der Waals surface area contributed by atoms with Crippen LogP contribution in [-0.4, -0.2) is 35.6 Å². The van der Waals surface area contributed by atoms with Gasteiger partial charge < -0.3 is 25.4 Å². The van der Waals surface area contributed by atoms with E-state index >= 15 is 0 Å². The van der Waals surface area contributed by atoms with Gasteiger partial charge in [0.15, 0.2) is 0 Å². The van der Waals surface area contributed by atoms with Crippen molar-refractivity contribution in [2.45, 2.75) is 37.6 Å². The molecule has 0 spiro atoms. The van der Waals surface area contributed by atoms with E-state index in [1.54, 1.807) is 0 Å². The van der Waals surface area contributed by atoms with Gasteiger partial charge in [-0.15, -0.1) is 0 Å². The Labute approximate surface area is 190 Å². The van der Waals surface area contributed by atoms with Gasteiger partial charge in [-0.1, -0.05) is 48.5 Å². The first-order valence-corrected chi connectivity index (χ1v) is 11.1. The van der Waals surface area contributed by atoms with Crippen LogP contribution >= 0.6 is 0 Å².